The van der Waals surface area contributed by atoms with Crippen molar-refractivity contribution in [3.8, 4) is 0 Å². The van der Waals surface area contributed by atoms with Crippen LogP contribution < -0.4 is 0 Å². The molecule has 0 radical (unpaired) electrons. The van der Waals surface area contributed by atoms with Crippen molar-refractivity contribution in [1.29, 1.82) is 0 Å². The minimum atomic E-state index is -0.576. The van der Waals surface area contributed by atoms with Crippen molar-refractivity contribution in [3.05, 3.63) is 0 Å². The molecule has 238 valence electrons. The fourth-order valence-corrected chi connectivity index (χ4v) is 5.39. The number of likely N-dealkylation sites (N-methyl/N-ethyl adjacent to an activating group) is 2. The van der Waals surface area contributed by atoms with Crippen LogP contribution in [0.2, 0.25) is 0 Å². The van der Waals surface area contributed by atoms with E-state index in [-0.39, 0.29) is 25.2 Å². The van der Waals surface area contributed by atoms with E-state index in [1.54, 1.807) is 0 Å². The van der Waals surface area contributed by atoms with Gasteiger partial charge in [0.15, 0.2) is 19.2 Å². The largest absolute Gasteiger partial charge is 0.457 e. The maximum absolute atomic E-state index is 12.9. The number of hydrogen-bond acceptors (Lipinski definition) is 5. The zero-order valence-corrected chi connectivity index (χ0v) is 27.8. The number of nitrogens with zero attached hydrogens (tertiary/aromatic N) is 2. The number of quaternary nitrogens is 2. The van der Waals surface area contributed by atoms with E-state index in [1.165, 1.54) is 64.2 Å². The van der Waals surface area contributed by atoms with Crippen LogP contribution in [0.15, 0.2) is 0 Å². The average molecular weight is 573 g/mol. The first-order valence-corrected chi connectivity index (χ1v) is 16.9. The number of hydrogen-bond donors (Lipinski definition) is 0. The van der Waals surface area contributed by atoms with Gasteiger partial charge >= 0.3 is 11.9 Å². The van der Waals surface area contributed by atoms with Crippen LogP contribution in [0.25, 0.3) is 0 Å². The maximum atomic E-state index is 12.9. The van der Waals surface area contributed by atoms with E-state index in [0.29, 0.717) is 28.7 Å². The molecule has 0 saturated carbocycles. The quantitative estimate of drug-likeness (QED) is 0.0579. The lowest BCUT2D eigenvalue weighted by molar-refractivity contribution is -0.916. The van der Waals surface area contributed by atoms with Gasteiger partial charge in [-0.25, -0.2) is 9.59 Å². The molecule has 1 unspecified atom stereocenters. The average Bonchev–Trinajstić information content (AvgIpc) is 2.97. The van der Waals surface area contributed by atoms with Gasteiger partial charge in [0.25, 0.3) is 0 Å². The summed E-state index contributed by atoms with van der Waals surface area (Å²) in [7, 11) is 0. The standard InChI is InChI=1S/C33H68N2O5/c1-8-15-16-17-18-19-20-21-22-23-24-25-26-38-29-31(40-33(37)28-35(12-5,13-6)14-7)30-39-32(36)27-34(9-2,10-3)11-4/h31H,8-30H2,1-7H3/q+2. The van der Waals surface area contributed by atoms with Gasteiger partial charge in [-0.1, -0.05) is 77.6 Å². The molecule has 0 rings (SSSR count). The number of esters is 2. The van der Waals surface area contributed by atoms with Crippen molar-refractivity contribution in [2.75, 3.05) is 72.2 Å². The van der Waals surface area contributed by atoms with E-state index in [1.807, 2.05) is 0 Å². The highest BCUT2D eigenvalue weighted by atomic mass is 16.6. The van der Waals surface area contributed by atoms with E-state index in [2.05, 4.69) is 48.5 Å². The summed E-state index contributed by atoms with van der Waals surface area (Å²) in [6, 6.07) is 0. The first-order valence-electron chi connectivity index (χ1n) is 16.9. The van der Waals surface area contributed by atoms with Gasteiger partial charge in [-0.2, -0.15) is 0 Å². The summed E-state index contributed by atoms with van der Waals surface area (Å²) in [4.78, 5) is 25.5. The van der Waals surface area contributed by atoms with Crippen molar-refractivity contribution < 1.29 is 32.8 Å². The second kappa shape index (κ2) is 24.4. The Morgan fingerprint density at radius 2 is 0.925 bits per heavy atom. The first kappa shape index (κ1) is 38.8. The molecule has 0 fully saturated rings. The number of carbonyl (C=O) groups excluding carboxylic acids is 2. The Balaban J connectivity index is 4.56. The Bertz CT molecular complexity index is 603. The third-order valence-corrected chi connectivity index (χ3v) is 9.13. The van der Waals surface area contributed by atoms with E-state index in [9.17, 15) is 9.59 Å². The van der Waals surface area contributed by atoms with Crippen molar-refractivity contribution in [3.63, 3.8) is 0 Å². The smallest absolute Gasteiger partial charge is 0.362 e. The number of carbonyl (C=O) groups is 2. The number of rotatable bonds is 28. The van der Waals surface area contributed by atoms with Crippen LogP contribution in [0.5, 0.6) is 0 Å². The molecular formula is C33H68N2O5+2. The fraction of sp³-hybridized carbons (Fsp3) is 0.939. The van der Waals surface area contributed by atoms with E-state index in [4.69, 9.17) is 14.2 Å². The van der Waals surface area contributed by atoms with Crippen molar-refractivity contribution in [2.24, 2.45) is 0 Å². The predicted octanol–water partition coefficient (Wildman–Crippen LogP) is 6.91. The van der Waals surface area contributed by atoms with Crippen LogP contribution in [0, 0.1) is 0 Å². The third kappa shape index (κ3) is 17.6. The molecule has 40 heavy (non-hydrogen) atoms. The molecule has 0 aliphatic rings. The predicted molar refractivity (Wildman–Crippen MR) is 166 cm³/mol. The monoisotopic (exact) mass is 573 g/mol. The van der Waals surface area contributed by atoms with Crippen LogP contribution >= 0.6 is 0 Å². The minimum absolute atomic E-state index is 0.0462. The SMILES string of the molecule is CCCCCCCCCCCCCCOCC(COC(=O)C[N+](CC)(CC)CC)OC(=O)C[N+](CC)(CC)CC. The summed E-state index contributed by atoms with van der Waals surface area (Å²) in [5.41, 5.74) is 0. The Kier molecular flexibility index (Phi) is 23.7. The molecule has 7 nitrogen and oxygen atoms in total. The number of ether oxygens (including phenoxy) is 3. The van der Waals surface area contributed by atoms with Gasteiger partial charge in [0, 0.05) is 6.61 Å². The lowest BCUT2D eigenvalue weighted by atomic mass is 10.1. The lowest BCUT2D eigenvalue weighted by Crippen LogP contribution is -2.52. The maximum Gasteiger partial charge on any atom is 0.362 e. The van der Waals surface area contributed by atoms with Gasteiger partial charge in [0.2, 0.25) is 0 Å². The third-order valence-electron chi connectivity index (χ3n) is 9.13. The van der Waals surface area contributed by atoms with Crippen molar-refractivity contribution >= 4 is 11.9 Å². The normalized spacial score (nSPS) is 12.9. The zero-order valence-electron chi connectivity index (χ0n) is 27.8. The molecule has 0 aromatic rings. The summed E-state index contributed by atoms with van der Waals surface area (Å²) >= 11 is 0. The van der Waals surface area contributed by atoms with Gasteiger partial charge in [-0.3, -0.25) is 0 Å². The Hall–Kier alpha value is -1.18. The van der Waals surface area contributed by atoms with Gasteiger partial charge in [0.05, 0.1) is 45.9 Å². The van der Waals surface area contributed by atoms with Gasteiger partial charge < -0.3 is 23.2 Å². The molecule has 0 aromatic carbocycles. The fourth-order valence-electron chi connectivity index (χ4n) is 5.39. The highest BCUT2D eigenvalue weighted by Gasteiger charge is 2.29. The van der Waals surface area contributed by atoms with Crippen LogP contribution in [0.4, 0.5) is 0 Å². The summed E-state index contributed by atoms with van der Waals surface area (Å²) in [6.45, 7) is 21.8. The topological polar surface area (TPSA) is 61.8 Å². The van der Waals surface area contributed by atoms with Crippen molar-refractivity contribution in [1.82, 2.24) is 0 Å². The minimum Gasteiger partial charge on any atom is -0.457 e. The molecule has 0 aliphatic carbocycles. The molecule has 0 N–H and O–H groups in total. The van der Waals surface area contributed by atoms with Gasteiger partial charge in [-0.05, 0) is 48.0 Å². The Morgan fingerprint density at radius 1 is 0.525 bits per heavy atom. The molecule has 0 bridgehead atoms. The molecule has 1 atom stereocenters. The molecule has 0 aromatic heterocycles. The van der Waals surface area contributed by atoms with Crippen LogP contribution in [0.1, 0.15) is 126 Å². The van der Waals surface area contributed by atoms with Crippen LogP contribution in [-0.4, -0.2) is 99.2 Å². The summed E-state index contributed by atoms with van der Waals surface area (Å²) in [5.74, 6) is -0.491. The molecule has 0 heterocycles. The summed E-state index contributed by atoms with van der Waals surface area (Å²) < 4.78 is 18.8. The second-order valence-electron chi connectivity index (χ2n) is 11.7. The number of unbranched alkanes of at least 4 members (excludes halogenated alkanes) is 11. The highest BCUT2D eigenvalue weighted by Crippen LogP contribution is 2.13. The lowest BCUT2D eigenvalue weighted by Gasteiger charge is -2.35. The van der Waals surface area contributed by atoms with Crippen LogP contribution in [0.3, 0.4) is 0 Å². The molecular weight excluding hydrogens is 504 g/mol. The van der Waals surface area contributed by atoms with E-state index in [0.717, 1.165) is 52.1 Å². The van der Waals surface area contributed by atoms with E-state index >= 15 is 0 Å². The second-order valence-corrected chi connectivity index (χ2v) is 11.7. The summed E-state index contributed by atoms with van der Waals surface area (Å²) in [6.07, 6.45) is 15.1. The first-order chi connectivity index (χ1) is 19.3. The van der Waals surface area contributed by atoms with E-state index < -0.39 is 6.10 Å². The van der Waals surface area contributed by atoms with Gasteiger partial charge in [-0.15, -0.1) is 0 Å². The highest BCUT2D eigenvalue weighted by molar-refractivity contribution is 5.71. The molecule has 0 aliphatic heterocycles. The Morgan fingerprint density at radius 3 is 1.35 bits per heavy atom. The van der Waals surface area contributed by atoms with Crippen LogP contribution in [-0.2, 0) is 23.8 Å². The molecule has 7 heteroatoms. The van der Waals surface area contributed by atoms with Crippen molar-refractivity contribution in [2.45, 2.75) is 132 Å². The summed E-state index contributed by atoms with van der Waals surface area (Å²) in [5, 5.41) is 0. The molecule has 0 spiro atoms. The molecule has 0 amide bonds. The van der Waals surface area contributed by atoms with Gasteiger partial charge in [0.1, 0.15) is 6.61 Å². The zero-order chi connectivity index (χ0) is 30.1. The Labute approximate surface area is 248 Å². The molecule has 0 saturated heterocycles.